The summed E-state index contributed by atoms with van der Waals surface area (Å²) in [5.74, 6) is 0. The number of aliphatic hydroxyl groups excluding tert-OH is 1. The van der Waals surface area contributed by atoms with Crippen molar-refractivity contribution in [1.29, 1.82) is 0 Å². The Balaban J connectivity index is 0. The molecule has 0 aromatic rings. The second-order valence-corrected chi connectivity index (χ2v) is 2.47. The van der Waals surface area contributed by atoms with E-state index in [9.17, 15) is 0 Å². The zero-order valence-corrected chi connectivity index (χ0v) is 7.42. The van der Waals surface area contributed by atoms with Crippen LogP contribution in [0.25, 0.3) is 0 Å². The minimum absolute atomic E-state index is 0.355. The van der Waals surface area contributed by atoms with E-state index < -0.39 is 15.8 Å². The van der Waals surface area contributed by atoms with Gasteiger partial charge in [0.15, 0.2) is 0 Å². The van der Waals surface area contributed by atoms with Gasteiger partial charge in [-0.15, -0.1) is 0 Å². The monoisotopic (exact) mass is 189 g/mol. The van der Waals surface area contributed by atoms with Crippen molar-refractivity contribution in [2.24, 2.45) is 0 Å². The van der Waals surface area contributed by atoms with Gasteiger partial charge in [0, 0.05) is 6.61 Å². The number of rotatable bonds is 3. The van der Waals surface area contributed by atoms with Crippen LogP contribution in [0.4, 0.5) is 0 Å². The number of unbranched alkanes of at least 4 members (excludes halogenated alkanes) is 2. The van der Waals surface area contributed by atoms with Crippen molar-refractivity contribution < 1.29 is 32.6 Å². The molecule has 0 heterocycles. The second kappa shape index (κ2) is 12.0. The summed E-state index contributed by atoms with van der Waals surface area (Å²) in [7, 11) is 0. The van der Waals surface area contributed by atoms with Gasteiger partial charge < -0.3 is 5.11 Å². The van der Waals surface area contributed by atoms with Gasteiger partial charge in [0.2, 0.25) is 0 Å². The SMILES string of the molecule is CCCCCO.[O]=[V]([OH])[OH]. The van der Waals surface area contributed by atoms with Gasteiger partial charge in [-0.05, 0) is 6.42 Å². The Hall–Kier alpha value is 0.264. The molecule has 3 N–H and O–H groups in total. The molecule has 0 spiro atoms. The summed E-state index contributed by atoms with van der Waals surface area (Å²) >= 11 is -3.44. The average molecular weight is 189 g/mol. The quantitative estimate of drug-likeness (QED) is 0.543. The number of hydrogen-bond donors (Lipinski definition) is 3. The van der Waals surface area contributed by atoms with Crippen molar-refractivity contribution in [1.82, 2.24) is 0 Å². The fourth-order valence-electron chi connectivity index (χ4n) is 0.362. The van der Waals surface area contributed by atoms with E-state index in [0.29, 0.717) is 6.61 Å². The average Bonchev–Trinajstić information content (AvgIpc) is 1.82. The topological polar surface area (TPSA) is 77.8 Å². The van der Waals surface area contributed by atoms with Gasteiger partial charge in [-0.3, -0.25) is 0 Å². The molecule has 0 aromatic carbocycles. The molecule has 0 saturated heterocycles. The summed E-state index contributed by atoms with van der Waals surface area (Å²) in [6.07, 6.45) is 3.33. The van der Waals surface area contributed by atoms with E-state index in [-0.39, 0.29) is 0 Å². The molecule has 0 aliphatic heterocycles. The zero-order chi connectivity index (χ0) is 8.41. The van der Waals surface area contributed by atoms with Crippen LogP contribution in [0.15, 0.2) is 0 Å². The summed E-state index contributed by atoms with van der Waals surface area (Å²) in [5, 5.41) is 8.20. The van der Waals surface area contributed by atoms with Gasteiger partial charge >= 0.3 is 27.5 Å². The summed E-state index contributed by atoms with van der Waals surface area (Å²) in [5.41, 5.74) is 0. The summed E-state index contributed by atoms with van der Waals surface area (Å²) in [6.45, 7) is 2.48. The van der Waals surface area contributed by atoms with Crippen LogP contribution < -0.4 is 0 Å². The molecule has 0 atom stereocenters. The Morgan fingerprint density at radius 2 is 1.70 bits per heavy atom. The van der Waals surface area contributed by atoms with Crippen LogP contribution in [0, 0.1) is 0 Å². The van der Waals surface area contributed by atoms with E-state index >= 15 is 0 Å². The van der Waals surface area contributed by atoms with Crippen molar-refractivity contribution in [3.8, 4) is 0 Å². The maximum absolute atomic E-state index is 8.78. The van der Waals surface area contributed by atoms with Gasteiger partial charge in [-0.2, -0.15) is 0 Å². The van der Waals surface area contributed by atoms with Gasteiger partial charge in [0.05, 0.1) is 0 Å². The number of aliphatic hydroxyl groups is 1. The summed E-state index contributed by atoms with van der Waals surface area (Å²) < 4.78 is 23.2. The van der Waals surface area contributed by atoms with E-state index in [0.717, 1.165) is 12.8 Å². The Bertz CT molecular complexity index is 68.0. The van der Waals surface area contributed by atoms with Crippen LogP contribution in [-0.2, 0) is 19.5 Å². The van der Waals surface area contributed by atoms with Crippen LogP contribution in [0.3, 0.4) is 0 Å². The predicted octanol–water partition coefficient (Wildman–Crippen LogP) is -0.0664. The normalized spacial score (nSPS) is 8.00. The molecule has 0 fully saturated rings. The Labute approximate surface area is 66.0 Å². The van der Waals surface area contributed by atoms with Crippen molar-refractivity contribution in [3.63, 3.8) is 0 Å². The second-order valence-electron chi connectivity index (χ2n) is 1.68. The molecule has 0 bridgehead atoms. The fraction of sp³-hybridized carbons (Fsp3) is 1.00. The summed E-state index contributed by atoms with van der Waals surface area (Å²) in [6, 6.07) is 0. The predicted molar refractivity (Wildman–Crippen MR) is 31.7 cm³/mol. The Morgan fingerprint density at radius 1 is 1.30 bits per heavy atom. The first-order valence-corrected chi connectivity index (χ1v) is 4.93. The van der Waals surface area contributed by atoms with Crippen LogP contribution in [0.1, 0.15) is 26.2 Å². The first-order chi connectivity index (χ1) is 4.65. The van der Waals surface area contributed by atoms with E-state index in [1.54, 1.807) is 0 Å². The fourth-order valence-corrected chi connectivity index (χ4v) is 0.362. The molecule has 0 aliphatic rings. The molecular formula is C5H14O4V. The van der Waals surface area contributed by atoms with Crippen molar-refractivity contribution in [2.45, 2.75) is 26.2 Å². The first-order valence-electron chi connectivity index (χ1n) is 3.11. The van der Waals surface area contributed by atoms with Crippen molar-refractivity contribution in [3.05, 3.63) is 0 Å². The molecule has 63 valence electrons. The molecule has 0 amide bonds. The summed E-state index contributed by atoms with van der Waals surface area (Å²) in [4.78, 5) is 0. The molecule has 5 heteroatoms. The molecule has 4 nitrogen and oxygen atoms in total. The molecule has 0 saturated carbocycles. The molecule has 0 aliphatic carbocycles. The minimum atomic E-state index is -3.44. The third kappa shape index (κ3) is 40.9. The molecule has 0 unspecified atom stereocenters. The van der Waals surface area contributed by atoms with Crippen molar-refractivity contribution in [2.75, 3.05) is 6.61 Å². The first kappa shape index (κ1) is 12.9. The van der Waals surface area contributed by atoms with Crippen LogP contribution in [-0.4, -0.2) is 19.8 Å². The van der Waals surface area contributed by atoms with Crippen LogP contribution in [0.5, 0.6) is 0 Å². The van der Waals surface area contributed by atoms with Gasteiger partial charge in [0.25, 0.3) is 0 Å². The van der Waals surface area contributed by atoms with E-state index in [1.165, 1.54) is 6.42 Å². The van der Waals surface area contributed by atoms with Gasteiger partial charge in [-0.1, -0.05) is 19.8 Å². The van der Waals surface area contributed by atoms with E-state index in [4.69, 9.17) is 16.8 Å². The zero-order valence-electron chi connectivity index (χ0n) is 6.03. The van der Waals surface area contributed by atoms with Crippen LogP contribution in [0.2, 0.25) is 0 Å². The van der Waals surface area contributed by atoms with Gasteiger partial charge in [0.1, 0.15) is 0 Å². The maximum atomic E-state index is 8.78. The molecule has 10 heavy (non-hydrogen) atoms. The molecule has 0 radical (unpaired) electrons. The number of hydrogen-bond acceptors (Lipinski definition) is 2. The standard InChI is InChI=1S/C5H12O.2H2O.O.V/c1-2-3-4-5-6;;;;/h6H,2-5H2,1H3;2*1H2;;/q;;;;+2/p-2. The third-order valence-corrected chi connectivity index (χ3v) is 0.762. The van der Waals surface area contributed by atoms with E-state index in [2.05, 4.69) is 6.92 Å². The Kier molecular flexibility index (Phi) is 15.5. The molecule has 0 aromatic heterocycles. The van der Waals surface area contributed by atoms with Crippen LogP contribution >= 0.6 is 0 Å². The Morgan fingerprint density at radius 3 is 1.80 bits per heavy atom. The third-order valence-electron chi connectivity index (χ3n) is 0.762. The molecule has 0 rings (SSSR count). The van der Waals surface area contributed by atoms with Gasteiger partial charge in [-0.25, -0.2) is 0 Å². The van der Waals surface area contributed by atoms with Crippen molar-refractivity contribution >= 4 is 0 Å². The van der Waals surface area contributed by atoms with E-state index in [1.807, 2.05) is 0 Å². The molecular weight excluding hydrogens is 175 g/mol.